The Bertz CT molecular complexity index is 1030. The van der Waals surface area contributed by atoms with E-state index in [-0.39, 0.29) is 12.5 Å². The minimum atomic E-state index is -0.451. The van der Waals surface area contributed by atoms with Gasteiger partial charge in [-0.25, -0.2) is 0 Å². The van der Waals surface area contributed by atoms with Gasteiger partial charge in [-0.2, -0.15) is 5.10 Å². The van der Waals surface area contributed by atoms with Gasteiger partial charge in [0.05, 0.1) is 12.2 Å². The highest BCUT2D eigenvalue weighted by molar-refractivity contribution is 5.94. The molecule has 0 aliphatic heterocycles. The van der Waals surface area contributed by atoms with E-state index in [0.717, 1.165) is 22.6 Å². The Balaban J connectivity index is 1.78. The molecule has 156 valence electrons. The van der Waals surface area contributed by atoms with Crippen molar-refractivity contribution in [1.82, 2.24) is 9.78 Å². The first kappa shape index (κ1) is 21.1. The molecule has 7 nitrogen and oxygen atoms in total. The number of nitrogens with one attached hydrogen (secondary N) is 1. The molecule has 0 saturated carbocycles. The van der Waals surface area contributed by atoms with Crippen molar-refractivity contribution in [1.29, 1.82) is 0 Å². The third kappa shape index (κ3) is 5.26. The first-order chi connectivity index (χ1) is 14.3. The number of nitrogens with two attached hydrogens (primary N) is 1. The summed E-state index contributed by atoms with van der Waals surface area (Å²) in [5.41, 5.74) is 9.77. The molecule has 3 aromatic rings. The number of amides is 2. The number of aryl methyl sites for hydroxylation is 2. The topological polar surface area (TPSA) is 93.3 Å². The van der Waals surface area contributed by atoms with Crippen molar-refractivity contribution in [2.45, 2.75) is 33.4 Å². The molecule has 3 rings (SSSR count). The Morgan fingerprint density at radius 3 is 2.47 bits per heavy atom. The van der Waals surface area contributed by atoms with E-state index < -0.39 is 11.9 Å². The molecule has 7 heteroatoms. The quantitative estimate of drug-likeness (QED) is 0.602. The SMILES string of the molecule is Cc1cc(C)n(C(C)C(=O)Nc2cccc(N(CC(N)=O)Cc3ccccc3)c2)n1. The minimum absolute atomic E-state index is 0.0778. The second-order valence-electron chi connectivity index (χ2n) is 7.40. The molecule has 0 fully saturated rings. The number of primary amides is 1. The first-order valence-electron chi connectivity index (χ1n) is 9.84. The van der Waals surface area contributed by atoms with Gasteiger partial charge in [-0.3, -0.25) is 14.3 Å². The molecule has 3 N–H and O–H groups in total. The fraction of sp³-hybridized carbons (Fsp3) is 0.261. The third-order valence-electron chi connectivity index (χ3n) is 4.83. The van der Waals surface area contributed by atoms with Crippen molar-refractivity contribution in [3.8, 4) is 0 Å². The second-order valence-corrected chi connectivity index (χ2v) is 7.40. The van der Waals surface area contributed by atoms with Crippen LogP contribution in [0.2, 0.25) is 0 Å². The Morgan fingerprint density at radius 2 is 1.83 bits per heavy atom. The number of nitrogens with zero attached hydrogens (tertiary/aromatic N) is 3. The van der Waals surface area contributed by atoms with Crippen LogP contribution in [0.1, 0.15) is 29.9 Å². The van der Waals surface area contributed by atoms with Crippen molar-refractivity contribution in [3.63, 3.8) is 0 Å². The lowest BCUT2D eigenvalue weighted by atomic mass is 10.2. The number of aromatic nitrogens is 2. The second kappa shape index (κ2) is 9.26. The van der Waals surface area contributed by atoms with E-state index in [1.807, 2.05) is 86.3 Å². The maximum absolute atomic E-state index is 12.8. The highest BCUT2D eigenvalue weighted by atomic mass is 16.2. The molecule has 0 spiro atoms. The average molecular weight is 406 g/mol. The molecular weight excluding hydrogens is 378 g/mol. The maximum Gasteiger partial charge on any atom is 0.248 e. The Hall–Kier alpha value is -3.61. The smallest absolute Gasteiger partial charge is 0.248 e. The van der Waals surface area contributed by atoms with Crippen molar-refractivity contribution >= 4 is 23.2 Å². The Morgan fingerprint density at radius 1 is 1.10 bits per heavy atom. The monoisotopic (exact) mass is 405 g/mol. The van der Waals surface area contributed by atoms with Gasteiger partial charge in [-0.15, -0.1) is 0 Å². The molecule has 0 radical (unpaired) electrons. The van der Waals surface area contributed by atoms with Crippen LogP contribution in [-0.4, -0.2) is 28.1 Å². The van der Waals surface area contributed by atoms with Gasteiger partial charge in [0.25, 0.3) is 0 Å². The molecular formula is C23H27N5O2. The van der Waals surface area contributed by atoms with Crippen LogP contribution in [0.3, 0.4) is 0 Å². The van der Waals surface area contributed by atoms with E-state index in [2.05, 4.69) is 10.4 Å². The van der Waals surface area contributed by atoms with E-state index in [4.69, 9.17) is 5.73 Å². The number of hydrogen-bond donors (Lipinski definition) is 2. The zero-order valence-corrected chi connectivity index (χ0v) is 17.5. The number of rotatable bonds is 8. The molecule has 1 aromatic heterocycles. The summed E-state index contributed by atoms with van der Waals surface area (Å²) in [7, 11) is 0. The summed E-state index contributed by atoms with van der Waals surface area (Å²) in [5.74, 6) is -0.582. The number of benzene rings is 2. The number of carbonyl (C=O) groups excluding carboxylic acids is 2. The van der Waals surface area contributed by atoms with Crippen molar-refractivity contribution in [2.24, 2.45) is 5.73 Å². The van der Waals surface area contributed by atoms with Crippen LogP contribution in [-0.2, 0) is 16.1 Å². The molecule has 2 aromatic carbocycles. The lowest BCUT2D eigenvalue weighted by Gasteiger charge is -2.24. The van der Waals surface area contributed by atoms with Crippen LogP contribution in [0.25, 0.3) is 0 Å². The van der Waals surface area contributed by atoms with Crippen molar-refractivity contribution in [2.75, 3.05) is 16.8 Å². The van der Waals surface area contributed by atoms with Crippen LogP contribution < -0.4 is 16.0 Å². The standard InChI is InChI=1S/C23H27N5O2/c1-16-12-17(2)28(26-16)18(3)23(30)25-20-10-7-11-21(13-20)27(15-22(24)29)14-19-8-5-4-6-9-19/h4-13,18H,14-15H2,1-3H3,(H2,24,29)(H,25,30). The molecule has 1 heterocycles. The van der Waals surface area contributed by atoms with Crippen LogP contribution in [0.4, 0.5) is 11.4 Å². The molecule has 30 heavy (non-hydrogen) atoms. The predicted octanol–water partition coefficient (Wildman–Crippen LogP) is 3.19. The molecule has 0 aliphatic rings. The normalized spacial score (nSPS) is 11.7. The van der Waals surface area contributed by atoms with Gasteiger partial charge in [0.1, 0.15) is 6.04 Å². The minimum Gasteiger partial charge on any atom is -0.368 e. The first-order valence-corrected chi connectivity index (χ1v) is 9.84. The van der Waals surface area contributed by atoms with Gasteiger partial charge in [-0.05, 0) is 50.6 Å². The van der Waals surface area contributed by atoms with Gasteiger partial charge in [0.15, 0.2) is 0 Å². The van der Waals surface area contributed by atoms with Crippen molar-refractivity contribution in [3.05, 3.63) is 77.6 Å². The molecule has 0 bridgehead atoms. The van der Waals surface area contributed by atoms with Crippen LogP contribution in [0.5, 0.6) is 0 Å². The van der Waals surface area contributed by atoms with E-state index >= 15 is 0 Å². The summed E-state index contributed by atoms with van der Waals surface area (Å²) < 4.78 is 1.71. The van der Waals surface area contributed by atoms with Gasteiger partial charge in [0.2, 0.25) is 11.8 Å². The van der Waals surface area contributed by atoms with Gasteiger partial charge in [-0.1, -0.05) is 36.4 Å². The van der Waals surface area contributed by atoms with Crippen LogP contribution in [0.15, 0.2) is 60.7 Å². The molecule has 0 aliphatic carbocycles. The van der Waals surface area contributed by atoms with Gasteiger partial charge >= 0.3 is 0 Å². The number of anilines is 2. The van der Waals surface area contributed by atoms with Crippen LogP contribution >= 0.6 is 0 Å². The fourth-order valence-corrected chi connectivity index (χ4v) is 3.41. The third-order valence-corrected chi connectivity index (χ3v) is 4.83. The predicted molar refractivity (Wildman–Crippen MR) is 118 cm³/mol. The zero-order valence-electron chi connectivity index (χ0n) is 17.5. The van der Waals surface area contributed by atoms with Crippen molar-refractivity contribution < 1.29 is 9.59 Å². The lowest BCUT2D eigenvalue weighted by molar-refractivity contribution is -0.119. The lowest BCUT2D eigenvalue weighted by Crippen LogP contribution is -2.33. The summed E-state index contributed by atoms with van der Waals surface area (Å²) in [6.07, 6.45) is 0. The maximum atomic E-state index is 12.8. The van der Waals surface area contributed by atoms with E-state index in [1.165, 1.54) is 0 Å². The highest BCUT2D eigenvalue weighted by Crippen LogP contribution is 2.22. The Kier molecular flexibility index (Phi) is 6.51. The summed E-state index contributed by atoms with van der Waals surface area (Å²) in [5, 5.41) is 7.34. The van der Waals surface area contributed by atoms with E-state index in [1.54, 1.807) is 4.68 Å². The summed E-state index contributed by atoms with van der Waals surface area (Å²) in [4.78, 5) is 26.3. The molecule has 0 saturated heterocycles. The van der Waals surface area contributed by atoms with E-state index in [9.17, 15) is 9.59 Å². The molecule has 2 amide bonds. The van der Waals surface area contributed by atoms with E-state index in [0.29, 0.717) is 12.2 Å². The highest BCUT2D eigenvalue weighted by Gasteiger charge is 2.18. The average Bonchev–Trinajstić information content (AvgIpc) is 3.05. The zero-order chi connectivity index (χ0) is 21.7. The molecule has 1 unspecified atom stereocenters. The Labute approximate surface area is 176 Å². The largest absolute Gasteiger partial charge is 0.368 e. The van der Waals surface area contributed by atoms with Gasteiger partial charge in [0, 0.05) is 23.6 Å². The van der Waals surface area contributed by atoms with Crippen LogP contribution in [0, 0.1) is 13.8 Å². The number of hydrogen-bond acceptors (Lipinski definition) is 4. The summed E-state index contributed by atoms with van der Waals surface area (Å²) in [6, 6.07) is 18.7. The summed E-state index contributed by atoms with van der Waals surface area (Å²) in [6.45, 7) is 6.25. The summed E-state index contributed by atoms with van der Waals surface area (Å²) >= 11 is 0. The van der Waals surface area contributed by atoms with Gasteiger partial charge < -0.3 is 16.0 Å². The number of carbonyl (C=O) groups is 2. The fourth-order valence-electron chi connectivity index (χ4n) is 3.41. The molecule has 1 atom stereocenters.